The fourth-order valence-corrected chi connectivity index (χ4v) is 8.14. The number of aromatic nitrogens is 4. The summed E-state index contributed by atoms with van der Waals surface area (Å²) in [7, 11) is -2.26. The Kier molecular flexibility index (Phi) is 13.8. The lowest BCUT2D eigenvalue weighted by Gasteiger charge is -2.31. The van der Waals surface area contributed by atoms with Crippen LogP contribution in [0.15, 0.2) is 42.7 Å². The van der Waals surface area contributed by atoms with Gasteiger partial charge < -0.3 is 25.4 Å². The van der Waals surface area contributed by atoms with Crippen LogP contribution in [0.25, 0.3) is 10.9 Å². The number of rotatable bonds is 18. The minimum atomic E-state index is -3.81. The van der Waals surface area contributed by atoms with Gasteiger partial charge in [0.2, 0.25) is 5.91 Å². The van der Waals surface area contributed by atoms with Crippen LogP contribution in [0.3, 0.4) is 0 Å². The molecular weight excluding hydrogens is 735 g/mol. The highest BCUT2D eigenvalue weighted by atomic mass is 31.2. The highest BCUT2D eigenvalue weighted by molar-refractivity contribution is 7.48. The number of nitrogens with one attached hydrogen (secondary N) is 4. The molecule has 1 amide bonds. The van der Waals surface area contributed by atoms with Crippen molar-refractivity contribution in [3.8, 4) is 11.5 Å². The number of fused-ring (bicyclic) bond motifs is 1. The second-order valence-electron chi connectivity index (χ2n) is 15.4. The maximum absolute atomic E-state index is 14.0. The number of ether oxygens (including phenoxy) is 2. The molecular formula is C38H52F2N7O7P. The van der Waals surface area contributed by atoms with Crippen molar-refractivity contribution >= 4 is 42.0 Å². The monoisotopic (exact) mass is 787 g/mol. The van der Waals surface area contributed by atoms with E-state index in [2.05, 4.69) is 36.1 Å². The lowest BCUT2D eigenvalue weighted by molar-refractivity contribution is -0.115. The number of methoxy groups -OCH3 is 1. The van der Waals surface area contributed by atoms with Crippen LogP contribution in [0.5, 0.6) is 11.5 Å². The number of phosphoric acid groups is 1. The van der Waals surface area contributed by atoms with E-state index in [-0.39, 0.29) is 24.8 Å². The number of aromatic amines is 1. The number of H-pyrrole nitrogens is 1. The number of hydrogen-bond acceptors (Lipinski definition) is 12. The summed E-state index contributed by atoms with van der Waals surface area (Å²) in [6.07, 6.45) is 6.55. The Labute approximate surface area is 320 Å². The molecule has 2 heterocycles. The van der Waals surface area contributed by atoms with Gasteiger partial charge in [0.05, 0.1) is 49.2 Å². The standard InChI is InChI=1S/C38H52F2N7O7P/c1-37(2,3)53-55(49,54-38(4,5)6)52-18-16-41-28(24-11-8-9-12-24)15-17-51-32-22-30-26(21-31(32)50-7)36(43-23-42-30)45-33-19-25(46-47-33)20-34(48)44-29-14-10-13-27(39)35(29)40/h10,13-14,19,21-24,28,41H,8-9,11-12,15-18,20H2,1-7H3,(H,44,48)(H2,42,43,45,46,47). The Morgan fingerprint density at radius 2 is 1.73 bits per heavy atom. The SMILES string of the molecule is COc1cc2c(Nc3cc(CC(=O)Nc4cccc(F)c4F)[nH]n3)ncnc2cc1OCCC(NCCOP(=O)(OC(C)(C)C)OC(C)(C)C)C1CCCC1. The van der Waals surface area contributed by atoms with Crippen molar-refractivity contribution in [1.82, 2.24) is 25.5 Å². The molecule has 1 fully saturated rings. The Morgan fingerprint density at radius 1 is 1.00 bits per heavy atom. The molecule has 4 N–H and O–H groups in total. The highest BCUT2D eigenvalue weighted by Crippen LogP contribution is 2.55. The van der Waals surface area contributed by atoms with E-state index in [1.165, 1.54) is 31.3 Å². The lowest BCUT2D eigenvalue weighted by atomic mass is 9.95. The summed E-state index contributed by atoms with van der Waals surface area (Å²) < 4.78 is 70.3. The van der Waals surface area contributed by atoms with Gasteiger partial charge in [-0.05, 0) is 84.9 Å². The third-order valence-corrected chi connectivity index (χ3v) is 10.6. The van der Waals surface area contributed by atoms with Crippen molar-refractivity contribution in [2.75, 3.05) is 37.5 Å². The summed E-state index contributed by atoms with van der Waals surface area (Å²) >= 11 is 0. The highest BCUT2D eigenvalue weighted by Gasteiger charge is 2.37. The lowest BCUT2D eigenvalue weighted by Crippen LogP contribution is -2.38. The maximum Gasteiger partial charge on any atom is 0.475 e. The van der Waals surface area contributed by atoms with Crippen molar-refractivity contribution in [2.45, 2.75) is 97.3 Å². The van der Waals surface area contributed by atoms with E-state index in [1.54, 1.807) is 25.3 Å². The zero-order valence-electron chi connectivity index (χ0n) is 32.5. The molecule has 1 aliphatic carbocycles. The molecule has 2 aromatic carbocycles. The molecule has 14 nitrogen and oxygen atoms in total. The van der Waals surface area contributed by atoms with E-state index in [0.29, 0.717) is 65.2 Å². The molecule has 1 saturated carbocycles. The number of hydrogen-bond donors (Lipinski definition) is 4. The van der Waals surface area contributed by atoms with Gasteiger partial charge in [0.15, 0.2) is 29.0 Å². The second-order valence-corrected chi connectivity index (χ2v) is 16.9. The van der Waals surface area contributed by atoms with E-state index in [4.69, 9.17) is 23.0 Å². The molecule has 0 aliphatic heterocycles. The maximum atomic E-state index is 14.0. The van der Waals surface area contributed by atoms with Crippen molar-refractivity contribution in [3.05, 3.63) is 60.1 Å². The largest absolute Gasteiger partial charge is 0.493 e. The first-order valence-corrected chi connectivity index (χ1v) is 19.9. The van der Waals surface area contributed by atoms with Gasteiger partial charge in [0.25, 0.3) is 0 Å². The Hall–Kier alpha value is -4.21. The van der Waals surface area contributed by atoms with Crippen LogP contribution in [0.4, 0.5) is 26.1 Å². The number of benzene rings is 2. The average Bonchev–Trinajstić information content (AvgIpc) is 3.79. The summed E-state index contributed by atoms with van der Waals surface area (Å²) in [4.78, 5) is 21.3. The molecule has 0 radical (unpaired) electrons. The number of halogens is 2. The molecule has 5 rings (SSSR count). The normalized spacial score (nSPS) is 14.6. The fourth-order valence-electron chi connectivity index (χ4n) is 6.35. The van der Waals surface area contributed by atoms with Gasteiger partial charge in [-0.15, -0.1) is 0 Å². The molecule has 1 unspecified atom stereocenters. The fraction of sp³-hybridized carbons (Fsp3) is 0.526. The van der Waals surface area contributed by atoms with Gasteiger partial charge in [-0.3, -0.25) is 23.5 Å². The summed E-state index contributed by atoms with van der Waals surface area (Å²) in [6, 6.07) is 8.90. The molecule has 300 valence electrons. The molecule has 1 atom stereocenters. The number of carbonyl (C=O) groups is 1. The number of phosphoric ester groups is 1. The topological polar surface area (TPSA) is 171 Å². The molecule has 2 aromatic heterocycles. The van der Waals surface area contributed by atoms with Gasteiger partial charge in [-0.25, -0.2) is 23.3 Å². The van der Waals surface area contributed by atoms with Gasteiger partial charge in [-0.2, -0.15) is 5.10 Å². The van der Waals surface area contributed by atoms with Crippen molar-refractivity contribution in [3.63, 3.8) is 0 Å². The molecule has 55 heavy (non-hydrogen) atoms. The van der Waals surface area contributed by atoms with Gasteiger partial charge in [0.1, 0.15) is 12.1 Å². The predicted octanol–water partition coefficient (Wildman–Crippen LogP) is 8.24. The van der Waals surface area contributed by atoms with Crippen LogP contribution in [-0.4, -0.2) is 70.2 Å². The summed E-state index contributed by atoms with van der Waals surface area (Å²) in [5, 5.41) is 16.7. The van der Waals surface area contributed by atoms with Crippen LogP contribution in [-0.2, 0) is 29.4 Å². The molecule has 0 saturated heterocycles. The molecule has 0 bridgehead atoms. The average molecular weight is 788 g/mol. The van der Waals surface area contributed by atoms with Crippen LogP contribution in [0.2, 0.25) is 0 Å². The summed E-state index contributed by atoms with van der Waals surface area (Å²) in [5.41, 5.74) is -0.640. The van der Waals surface area contributed by atoms with E-state index >= 15 is 0 Å². The summed E-state index contributed by atoms with van der Waals surface area (Å²) in [5.74, 6) is -0.434. The van der Waals surface area contributed by atoms with Crippen LogP contribution in [0, 0.1) is 17.6 Å². The minimum Gasteiger partial charge on any atom is -0.493 e. The first-order valence-electron chi connectivity index (χ1n) is 18.4. The summed E-state index contributed by atoms with van der Waals surface area (Å²) in [6.45, 7) is 11.9. The second kappa shape index (κ2) is 18.2. The van der Waals surface area contributed by atoms with Crippen molar-refractivity contribution in [1.29, 1.82) is 0 Å². The van der Waals surface area contributed by atoms with E-state index in [0.717, 1.165) is 18.9 Å². The number of amides is 1. The van der Waals surface area contributed by atoms with Crippen molar-refractivity contribution < 1.29 is 41.2 Å². The first-order chi connectivity index (χ1) is 26.0. The van der Waals surface area contributed by atoms with Crippen LogP contribution < -0.4 is 25.4 Å². The van der Waals surface area contributed by atoms with Gasteiger partial charge in [-0.1, -0.05) is 18.9 Å². The Balaban J connectivity index is 1.19. The smallest absolute Gasteiger partial charge is 0.475 e. The number of anilines is 3. The third-order valence-electron chi connectivity index (χ3n) is 8.56. The molecule has 0 spiro atoms. The number of nitrogens with zero attached hydrogens (tertiary/aromatic N) is 3. The third kappa shape index (κ3) is 12.4. The zero-order chi connectivity index (χ0) is 39.8. The molecule has 4 aromatic rings. The van der Waals surface area contributed by atoms with E-state index in [1.807, 2.05) is 41.5 Å². The Bertz CT molecular complexity index is 1940. The van der Waals surface area contributed by atoms with Gasteiger partial charge >= 0.3 is 7.82 Å². The number of carbonyl (C=O) groups excluding carboxylic acids is 1. The van der Waals surface area contributed by atoms with Gasteiger partial charge in [0, 0.05) is 35.8 Å². The quantitative estimate of drug-likeness (QED) is 0.0564. The zero-order valence-corrected chi connectivity index (χ0v) is 33.4. The first kappa shape index (κ1) is 41.9. The Morgan fingerprint density at radius 3 is 2.42 bits per heavy atom. The molecule has 1 aliphatic rings. The van der Waals surface area contributed by atoms with Crippen LogP contribution in [0.1, 0.15) is 79.3 Å². The van der Waals surface area contributed by atoms with E-state index < -0.39 is 36.6 Å². The van der Waals surface area contributed by atoms with Crippen molar-refractivity contribution in [2.24, 2.45) is 5.92 Å². The minimum absolute atomic E-state index is 0.148. The van der Waals surface area contributed by atoms with E-state index in [9.17, 15) is 18.1 Å². The van der Waals surface area contributed by atoms with Crippen LogP contribution >= 0.6 is 7.82 Å². The molecule has 17 heteroatoms. The predicted molar refractivity (Wildman–Crippen MR) is 206 cm³/mol.